The summed E-state index contributed by atoms with van der Waals surface area (Å²) in [6.07, 6.45) is 1.86. The van der Waals surface area contributed by atoms with Crippen molar-refractivity contribution < 1.29 is 35.4 Å². The van der Waals surface area contributed by atoms with E-state index < -0.39 is 42.6 Å². The number of hydrogen-bond acceptors (Lipinski definition) is 8. The predicted molar refractivity (Wildman–Crippen MR) is 89.9 cm³/mol. The fourth-order valence-corrected chi connectivity index (χ4v) is 3.92. The second-order valence-corrected chi connectivity index (χ2v) is 7.54. The molecule has 0 aliphatic heterocycles. The van der Waals surface area contributed by atoms with Crippen LogP contribution in [0, 0.1) is 5.92 Å². The van der Waals surface area contributed by atoms with E-state index in [2.05, 4.69) is 5.32 Å². The molecule has 0 unspecified atom stereocenters. The van der Waals surface area contributed by atoms with Crippen molar-refractivity contribution in [3.05, 3.63) is 0 Å². The average molecular weight is 363 g/mol. The van der Waals surface area contributed by atoms with Crippen LogP contribution in [-0.2, 0) is 4.74 Å². The minimum Gasteiger partial charge on any atom is -0.395 e. The molecule has 2 fully saturated rings. The Balaban J connectivity index is 2.05. The summed E-state index contributed by atoms with van der Waals surface area (Å²) in [7, 11) is 0. The molecule has 2 aliphatic rings. The van der Waals surface area contributed by atoms with Crippen LogP contribution in [0.25, 0.3) is 0 Å². The Labute approximate surface area is 148 Å². The van der Waals surface area contributed by atoms with E-state index in [0.717, 1.165) is 25.7 Å². The van der Waals surface area contributed by atoms with Crippen LogP contribution in [0.2, 0.25) is 0 Å². The molecule has 0 amide bonds. The number of aliphatic hydroxyl groups excluding tert-OH is 5. The lowest BCUT2D eigenvalue weighted by Crippen LogP contribution is -2.68. The first kappa shape index (κ1) is 21.0. The first-order valence-corrected chi connectivity index (χ1v) is 9.24. The van der Waals surface area contributed by atoms with Gasteiger partial charge in [0.25, 0.3) is 0 Å². The molecule has 0 aromatic rings. The van der Waals surface area contributed by atoms with E-state index in [9.17, 15) is 30.6 Å². The third-order valence-corrected chi connectivity index (χ3v) is 5.60. The Bertz CT molecular complexity index is 389. The molecular formula is C17H33NO7. The first-order chi connectivity index (χ1) is 11.9. The van der Waals surface area contributed by atoms with E-state index >= 15 is 0 Å². The molecule has 8 nitrogen and oxygen atoms in total. The third kappa shape index (κ3) is 5.11. The topological polar surface area (TPSA) is 143 Å². The molecule has 0 heterocycles. The van der Waals surface area contributed by atoms with Crippen molar-refractivity contribution in [2.45, 2.75) is 74.5 Å². The van der Waals surface area contributed by atoms with Crippen molar-refractivity contribution in [2.24, 2.45) is 5.92 Å². The molecule has 2 rings (SSSR count). The van der Waals surface area contributed by atoms with Gasteiger partial charge in [-0.2, -0.15) is 0 Å². The molecular weight excluding hydrogens is 330 g/mol. The molecule has 0 bridgehead atoms. The van der Waals surface area contributed by atoms with Gasteiger partial charge >= 0.3 is 0 Å². The fourth-order valence-electron chi connectivity index (χ4n) is 3.92. The van der Waals surface area contributed by atoms with E-state index in [1.807, 2.05) is 0 Å². The zero-order valence-electron chi connectivity index (χ0n) is 14.6. The van der Waals surface area contributed by atoms with Gasteiger partial charge in [-0.15, -0.1) is 0 Å². The largest absolute Gasteiger partial charge is 0.395 e. The zero-order valence-corrected chi connectivity index (χ0v) is 14.6. The lowest BCUT2D eigenvalue weighted by atomic mass is 9.76. The van der Waals surface area contributed by atoms with Crippen LogP contribution >= 0.6 is 0 Å². The number of aliphatic hydroxyl groups is 6. The maximum absolute atomic E-state index is 10.6. The van der Waals surface area contributed by atoms with Crippen molar-refractivity contribution in [3.63, 3.8) is 0 Å². The van der Waals surface area contributed by atoms with Gasteiger partial charge in [0.2, 0.25) is 0 Å². The smallest absolute Gasteiger partial charge is 0.118 e. The summed E-state index contributed by atoms with van der Waals surface area (Å²) in [5.74, 6) is 0.367. The number of hydrogen-bond donors (Lipinski definition) is 7. The number of rotatable bonds is 8. The van der Waals surface area contributed by atoms with Crippen molar-refractivity contribution in [1.82, 2.24) is 5.32 Å². The molecule has 5 atom stereocenters. The highest BCUT2D eigenvalue weighted by Crippen LogP contribution is 2.33. The third-order valence-electron chi connectivity index (χ3n) is 5.60. The van der Waals surface area contributed by atoms with Gasteiger partial charge in [-0.3, -0.25) is 0 Å². The standard InChI is InChI=1S/C17H33NO7/c19-7-12(8-20)18-13-6-17(24,10-21)16(23)15(14(13)22)25-9-11-4-2-1-3-5-11/h11-16,18-24H,1-10H2/t13-,14-,15+,16-,17-/m1/s1. The average Bonchev–Trinajstić information content (AvgIpc) is 2.64. The summed E-state index contributed by atoms with van der Waals surface area (Å²) in [6.45, 7) is -0.970. The molecule has 148 valence electrons. The zero-order chi connectivity index (χ0) is 18.4. The van der Waals surface area contributed by atoms with E-state index in [1.165, 1.54) is 6.42 Å². The van der Waals surface area contributed by atoms with E-state index in [4.69, 9.17) is 4.74 Å². The number of nitrogens with one attached hydrogen (secondary N) is 1. The Morgan fingerprint density at radius 1 is 1.04 bits per heavy atom. The Morgan fingerprint density at radius 2 is 1.68 bits per heavy atom. The van der Waals surface area contributed by atoms with Crippen molar-refractivity contribution >= 4 is 0 Å². The quantitative estimate of drug-likeness (QED) is 0.265. The minimum atomic E-state index is -1.82. The van der Waals surface area contributed by atoms with Crippen LogP contribution in [0.15, 0.2) is 0 Å². The summed E-state index contributed by atoms with van der Waals surface area (Å²) in [5, 5.41) is 62.4. The van der Waals surface area contributed by atoms with Gasteiger partial charge in [-0.1, -0.05) is 19.3 Å². The second kappa shape index (κ2) is 9.57. The monoisotopic (exact) mass is 363 g/mol. The van der Waals surface area contributed by atoms with Gasteiger partial charge in [0, 0.05) is 6.04 Å². The number of ether oxygens (including phenoxy) is 1. The summed E-state index contributed by atoms with van der Waals surface area (Å²) >= 11 is 0. The predicted octanol–water partition coefficient (Wildman–Crippen LogP) is -1.89. The highest BCUT2D eigenvalue weighted by atomic mass is 16.5. The van der Waals surface area contributed by atoms with Crippen LogP contribution in [-0.4, -0.2) is 93.1 Å². The molecule has 0 saturated heterocycles. The molecule has 2 saturated carbocycles. The molecule has 0 aromatic carbocycles. The van der Waals surface area contributed by atoms with Crippen molar-refractivity contribution in [3.8, 4) is 0 Å². The molecule has 0 spiro atoms. The minimum absolute atomic E-state index is 0.119. The Hall–Kier alpha value is -0.320. The molecule has 7 N–H and O–H groups in total. The van der Waals surface area contributed by atoms with Gasteiger partial charge in [-0.25, -0.2) is 0 Å². The highest BCUT2D eigenvalue weighted by Gasteiger charge is 2.52. The normalized spacial score (nSPS) is 37.6. The fraction of sp³-hybridized carbons (Fsp3) is 1.00. The lowest BCUT2D eigenvalue weighted by Gasteiger charge is -2.48. The van der Waals surface area contributed by atoms with E-state index in [-0.39, 0.29) is 19.6 Å². The van der Waals surface area contributed by atoms with Crippen LogP contribution < -0.4 is 5.32 Å². The van der Waals surface area contributed by atoms with Gasteiger partial charge in [0.05, 0.1) is 38.6 Å². The first-order valence-electron chi connectivity index (χ1n) is 9.24. The molecule has 2 aliphatic carbocycles. The van der Waals surface area contributed by atoms with E-state index in [0.29, 0.717) is 12.5 Å². The molecule has 0 radical (unpaired) electrons. The molecule has 0 aromatic heterocycles. The summed E-state index contributed by atoms with van der Waals surface area (Å²) < 4.78 is 5.79. The molecule has 8 heteroatoms. The maximum Gasteiger partial charge on any atom is 0.118 e. The summed E-state index contributed by atoms with van der Waals surface area (Å²) in [4.78, 5) is 0. The van der Waals surface area contributed by atoms with Crippen molar-refractivity contribution in [1.29, 1.82) is 0 Å². The van der Waals surface area contributed by atoms with Crippen LogP contribution in [0.4, 0.5) is 0 Å². The van der Waals surface area contributed by atoms with Crippen LogP contribution in [0.5, 0.6) is 0 Å². The SMILES string of the molecule is OCC(CO)N[C@@H]1C[C@@](O)(CO)[C@H](O)[C@@H](OCC2CCCCC2)[C@@H]1O. The Kier molecular flexibility index (Phi) is 8.03. The summed E-state index contributed by atoms with van der Waals surface area (Å²) in [6, 6.07) is -1.40. The van der Waals surface area contributed by atoms with Crippen LogP contribution in [0.3, 0.4) is 0 Å². The highest BCUT2D eigenvalue weighted by molar-refractivity contribution is 5.06. The van der Waals surface area contributed by atoms with Crippen LogP contribution in [0.1, 0.15) is 38.5 Å². The van der Waals surface area contributed by atoms with Gasteiger partial charge < -0.3 is 40.7 Å². The maximum atomic E-state index is 10.6. The van der Waals surface area contributed by atoms with Gasteiger partial charge in [0.1, 0.15) is 17.8 Å². The van der Waals surface area contributed by atoms with E-state index in [1.54, 1.807) is 0 Å². The van der Waals surface area contributed by atoms with Gasteiger partial charge in [-0.05, 0) is 25.2 Å². The second-order valence-electron chi connectivity index (χ2n) is 7.54. The van der Waals surface area contributed by atoms with Crippen molar-refractivity contribution in [2.75, 3.05) is 26.4 Å². The molecule has 25 heavy (non-hydrogen) atoms. The lowest BCUT2D eigenvalue weighted by molar-refractivity contribution is -0.224. The summed E-state index contributed by atoms with van der Waals surface area (Å²) in [5.41, 5.74) is -1.82. The Morgan fingerprint density at radius 3 is 2.24 bits per heavy atom. The van der Waals surface area contributed by atoms with Gasteiger partial charge in [0.15, 0.2) is 0 Å².